The zero-order chi connectivity index (χ0) is 44.4. The topological polar surface area (TPSA) is 88.6 Å². The Labute approximate surface area is 359 Å². The Kier molecular flexibility index (Phi) is 14.3. The number of hydrogen-bond donors (Lipinski definition) is 0. The molecule has 8 rings (SSSR count). The quantitative estimate of drug-likeness (QED) is 0.130. The summed E-state index contributed by atoms with van der Waals surface area (Å²) in [6.07, 6.45) is 1.86. The minimum absolute atomic E-state index is 0.0244. The molecule has 0 aromatic heterocycles. The van der Waals surface area contributed by atoms with Gasteiger partial charge in [-0.2, -0.15) is 13.2 Å². The molecular formula is C50H48F3N3O6. The highest BCUT2D eigenvalue weighted by Crippen LogP contribution is 2.38. The second-order valence-corrected chi connectivity index (χ2v) is 14.6. The van der Waals surface area contributed by atoms with E-state index < -0.39 is 11.7 Å². The summed E-state index contributed by atoms with van der Waals surface area (Å²) in [5.41, 5.74) is 7.15. The first-order chi connectivity index (χ1) is 29.9. The number of carbonyl (C=O) groups is 3. The third kappa shape index (κ3) is 10.3. The zero-order valence-corrected chi connectivity index (χ0v) is 34.8. The lowest BCUT2D eigenvalue weighted by molar-refractivity contribution is -0.137. The number of alkyl halides is 3. The van der Waals surface area contributed by atoms with Gasteiger partial charge in [0.15, 0.2) is 0 Å². The van der Waals surface area contributed by atoms with Crippen LogP contribution in [0.25, 0.3) is 0 Å². The first-order valence-corrected chi connectivity index (χ1v) is 20.1. The lowest BCUT2D eigenvalue weighted by atomic mass is 10.1. The van der Waals surface area contributed by atoms with Gasteiger partial charge in [0, 0.05) is 36.3 Å². The number of halogens is 3. The number of aryl methyl sites for hydroxylation is 1. The molecule has 5 aromatic carbocycles. The molecule has 5 aromatic rings. The van der Waals surface area contributed by atoms with Gasteiger partial charge in [-0.05, 0) is 104 Å². The van der Waals surface area contributed by atoms with E-state index in [2.05, 4.69) is 19.7 Å². The van der Waals surface area contributed by atoms with Crippen molar-refractivity contribution in [1.82, 2.24) is 0 Å². The van der Waals surface area contributed by atoms with Gasteiger partial charge in [-0.15, -0.1) is 0 Å². The molecular weight excluding hydrogens is 796 g/mol. The Morgan fingerprint density at radius 1 is 0.581 bits per heavy atom. The molecule has 3 aliphatic rings. The van der Waals surface area contributed by atoms with Gasteiger partial charge in [-0.1, -0.05) is 79.9 Å². The second-order valence-electron chi connectivity index (χ2n) is 14.6. The van der Waals surface area contributed by atoms with Crippen molar-refractivity contribution in [3.63, 3.8) is 0 Å². The van der Waals surface area contributed by atoms with Gasteiger partial charge in [0.1, 0.15) is 30.5 Å². The number of nitrogens with zero attached hydrogens (tertiary/aromatic N) is 3. The Morgan fingerprint density at radius 3 is 1.42 bits per heavy atom. The molecule has 0 spiro atoms. The van der Waals surface area contributed by atoms with Crippen molar-refractivity contribution in [3.05, 3.63) is 180 Å². The van der Waals surface area contributed by atoms with E-state index in [1.807, 2.05) is 72.8 Å². The van der Waals surface area contributed by atoms with Crippen molar-refractivity contribution < 1.29 is 41.8 Å². The molecule has 3 heterocycles. The summed E-state index contributed by atoms with van der Waals surface area (Å²) in [5, 5.41) is 0. The van der Waals surface area contributed by atoms with Gasteiger partial charge in [-0.3, -0.25) is 14.4 Å². The molecule has 3 aliphatic heterocycles. The van der Waals surface area contributed by atoms with Crippen LogP contribution in [0.15, 0.2) is 141 Å². The number of hydrogen-bond acceptors (Lipinski definition) is 6. The van der Waals surface area contributed by atoms with Crippen LogP contribution in [0.5, 0.6) is 17.2 Å². The third-order valence-electron chi connectivity index (χ3n) is 10.6. The Balaban J connectivity index is 0.000000161. The average molecular weight is 844 g/mol. The van der Waals surface area contributed by atoms with Crippen molar-refractivity contribution in [2.75, 3.05) is 41.4 Å². The van der Waals surface area contributed by atoms with E-state index in [1.165, 1.54) is 18.2 Å². The number of carbonyl (C=O) groups excluding carboxylic acids is 3. The molecule has 62 heavy (non-hydrogen) atoms. The van der Waals surface area contributed by atoms with Crippen LogP contribution in [-0.4, -0.2) is 44.5 Å². The highest BCUT2D eigenvalue weighted by molar-refractivity contribution is 6.04. The fraction of sp³-hybridized carbons (Fsp3) is 0.220. The summed E-state index contributed by atoms with van der Waals surface area (Å²) in [5.74, 6) is 1.99. The van der Waals surface area contributed by atoms with Gasteiger partial charge in [0.2, 0.25) is 17.7 Å². The van der Waals surface area contributed by atoms with E-state index in [0.717, 1.165) is 75.8 Å². The predicted molar refractivity (Wildman–Crippen MR) is 236 cm³/mol. The Bertz CT molecular complexity index is 2470. The number of anilines is 3. The highest BCUT2D eigenvalue weighted by atomic mass is 19.4. The standard InChI is InChI=1S/C20H18F3NO2.C18H17NO2.C12H13NO2/c1-3-19(25)24-8-7-16-17(24)5-4-6-18(16)26-12-14-9-13(2)10-15(11-14)20(21,22)23;1-2-18(20)19-12-11-15-16(19)9-6-10-17(15)21-13-14-7-4-3-5-8-14;1-3-12(14)13-8-7-9-10(13)5-4-6-11(9)15-2/h3-6,9-11H,1,7-8,12H2,2H3;2-10H,1,11-13H2;3-6H,1,7-8H2,2H3. The van der Waals surface area contributed by atoms with Crippen molar-refractivity contribution >= 4 is 34.8 Å². The van der Waals surface area contributed by atoms with Crippen molar-refractivity contribution in [2.24, 2.45) is 0 Å². The first-order valence-electron chi connectivity index (χ1n) is 20.1. The number of benzene rings is 5. The van der Waals surface area contributed by atoms with E-state index in [9.17, 15) is 27.6 Å². The van der Waals surface area contributed by atoms with Crippen LogP contribution in [0.4, 0.5) is 30.2 Å². The second kappa shape index (κ2) is 20.0. The lowest BCUT2D eigenvalue weighted by Crippen LogP contribution is -2.26. The van der Waals surface area contributed by atoms with E-state index in [4.69, 9.17) is 14.2 Å². The molecule has 0 unspecified atom stereocenters. The maximum atomic E-state index is 13.0. The molecule has 0 N–H and O–H groups in total. The molecule has 0 saturated carbocycles. The van der Waals surface area contributed by atoms with Gasteiger partial charge in [-0.25, -0.2) is 0 Å². The molecule has 3 amide bonds. The van der Waals surface area contributed by atoms with Crippen LogP contribution in [0.1, 0.15) is 38.9 Å². The fourth-order valence-corrected chi connectivity index (χ4v) is 7.69. The van der Waals surface area contributed by atoms with E-state index in [0.29, 0.717) is 49.5 Å². The maximum Gasteiger partial charge on any atom is 0.416 e. The lowest BCUT2D eigenvalue weighted by Gasteiger charge is -2.16. The number of amides is 3. The molecule has 12 heteroatoms. The van der Waals surface area contributed by atoms with Gasteiger partial charge < -0.3 is 28.9 Å². The number of ether oxygens (including phenoxy) is 3. The van der Waals surface area contributed by atoms with Crippen molar-refractivity contribution in [1.29, 1.82) is 0 Å². The third-order valence-corrected chi connectivity index (χ3v) is 10.6. The number of rotatable bonds is 10. The highest BCUT2D eigenvalue weighted by Gasteiger charge is 2.31. The summed E-state index contributed by atoms with van der Waals surface area (Å²) in [6.45, 7) is 14.7. The SMILES string of the molecule is C=CC(=O)N1CCc2c(OC)cccc21.C=CC(=O)N1CCc2c(OCc3cc(C)cc(C(F)(F)F)c3)cccc21.C=CC(=O)N1CCc2c(OCc3ccccc3)cccc21. The van der Waals surface area contributed by atoms with Crippen LogP contribution in [-0.2, 0) is 53.0 Å². The largest absolute Gasteiger partial charge is 0.496 e. The smallest absolute Gasteiger partial charge is 0.416 e. The van der Waals surface area contributed by atoms with Gasteiger partial charge in [0.05, 0.1) is 29.7 Å². The van der Waals surface area contributed by atoms with Crippen molar-refractivity contribution in [3.8, 4) is 17.2 Å². The summed E-state index contributed by atoms with van der Waals surface area (Å²) in [6, 6.07) is 30.9. The molecule has 0 fully saturated rings. The number of fused-ring (bicyclic) bond motifs is 3. The minimum atomic E-state index is -4.39. The summed E-state index contributed by atoms with van der Waals surface area (Å²) in [4.78, 5) is 40.4. The monoisotopic (exact) mass is 843 g/mol. The molecule has 0 saturated heterocycles. The van der Waals surface area contributed by atoms with Crippen LogP contribution in [0.2, 0.25) is 0 Å². The van der Waals surface area contributed by atoms with E-state index in [1.54, 1.807) is 46.9 Å². The van der Waals surface area contributed by atoms with Crippen molar-refractivity contribution in [2.45, 2.75) is 45.6 Å². The summed E-state index contributed by atoms with van der Waals surface area (Å²) < 4.78 is 55.8. The maximum absolute atomic E-state index is 13.0. The average Bonchev–Trinajstić information content (AvgIpc) is 4.05. The zero-order valence-electron chi connectivity index (χ0n) is 34.8. The van der Waals surface area contributed by atoms with Gasteiger partial charge in [0.25, 0.3) is 0 Å². The van der Waals surface area contributed by atoms with Crippen LogP contribution < -0.4 is 28.9 Å². The fourth-order valence-electron chi connectivity index (χ4n) is 7.69. The van der Waals surface area contributed by atoms with Crippen LogP contribution in [0, 0.1) is 6.92 Å². The van der Waals surface area contributed by atoms with E-state index in [-0.39, 0.29) is 24.3 Å². The number of methoxy groups -OCH3 is 1. The Morgan fingerprint density at radius 2 is 1.00 bits per heavy atom. The van der Waals surface area contributed by atoms with Crippen LogP contribution in [0.3, 0.4) is 0 Å². The van der Waals surface area contributed by atoms with Crippen LogP contribution >= 0.6 is 0 Å². The summed E-state index contributed by atoms with van der Waals surface area (Å²) >= 11 is 0. The Hall–Kier alpha value is -7.08. The molecule has 0 aliphatic carbocycles. The molecule has 320 valence electrons. The van der Waals surface area contributed by atoms with E-state index >= 15 is 0 Å². The normalized spacial score (nSPS) is 13.3. The molecule has 0 radical (unpaired) electrons. The first kappa shape index (κ1) is 44.5. The predicted octanol–water partition coefficient (Wildman–Crippen LogP) is 9.78. The minimum Gasteiger partial charge on any atom is -0.496 e. The molecule has 9 nitrogen and oxygen atoms in total. The molecule has 0 bridgehead atoms. The molecule has 0 atom stereocenters. The summed E-state index contributed by atoms with van der Waals surface area (Å²) in [7, 11) is 1.65. The van der Waals surface area contributed by atoms with Gasteiger partial charge >= 0.3 is 6.18 Å².